The third-order valence-corrected chi connectivity index (χ3v) is 8.71. The first-order chi connectivity index (χ1) is 11.9. The van der Waals surface area contributed by atoms with Crippen molar-refractivity contribution >= 4 is 5.78 Å². The van der Waals surface area contributed by atoms with Gasteiger partial charge in [-0.2, -0.15) is 0 Å². The van der Waals surface area contributed by atoms with E-state index in [1.165, 1.54) is 37.7 Å². The second-order valence-electron chi connectivity index (χ2n) is 10.1. The number of allylic oxidation sites excluding steroid dienone is 1. The van der Waals surface area contributed by atoms with Crippen LogP contribution in [0.15, 0.2) is 11.1 Å². The van der Waals surface area contributed by atoms with Gasteiger partial charge >= 0.3 is 0 Å². The summed E-state index contributed by atoms with van der Waals surface area (Å²) in [6.45, 7) is 10.3. The number of fused-ring (bicyclic) bond motifs is 2. The zero-order chi connectivity index (χ0) is 17.6. The van der Waals surface area contributed by atoms with Crippen molar-refractivity contribution in [2.75, 3.05) is 6.54 Å². The van der Waals surface area contributed by atoms with Gasteiger partial charge < -0.3 is 4.74 Å². The van der Waals surface area contributed by atoms with Crippen molar-refractivity contribution in [2.45, 2.75) is 90.5 Å². The van der Waals surface area contributed by atoms with Crippen molar-refractivity contribution in [3.63, 3.8) is 0 Å². The highest BCUT2D eigenvalue weighted by molar-refractivity contribution is 6.02. The van der Waals surface area contributed by atoms with Crippen molar-refractivity contribution in [1.82, 2.24) is 4.90 Å². The predicted molar refractivity (Wildman–Crippen MR) is 98.0 cm³/mol. The van der Waals surface area contributed by atoms with Crippen LogP contribution in [0.3, 0.4) is 0 Å². The molecule has 3 heteroatoms. The Bertz CT molecular complexity index is 650. The van der Waals surface area contributed by atoms with Crippen molar-refractivity contribution < 1.29 is 9.53 Å². The Labute approximate surface area is 152 Å². The van der Waals surface area contributed by atoms with Crippen molar-refractivity contribution in [1.29, 1.82) is 0 Å². The number of rotatable bonds is 0. The molecule has 25 heavy (non-hydrogen) atoms. The van der Waals surface area contributed by atoms with Crippen LogP contribution in [0.1, 0.15) is 72.6 Å². The maximum Gasteiger partial charge on any atom is 0.162 e. The molecule has 0 radical (unpaired) electrons. The average molecular weight is 344 g/mol. The molecule has 0 unspecified atom stereocenters. The Morgan fingerprint density at radius 2 is 1.96 bits per heavy atom. The SMILES string of the molecule is CC1=C2CN3[C@@H](O[C@@H]4C[C@H](C)CC[C@H]4C3(C)C)[C@]23CCCC[C@@H]3C1=O. The van der Waals surface area contributed by atoms with E-state index in [4.69, 9.17) is 4.74 Å². The van der Waals surface area contributed by atoms with Crippen molar-refractivity contribution in [3.8, 4) is 0 Å². The molecular weight excluding hydrogens is 310 g/mol. The first kappa shape index (κ1) is 16.5. The van der Waals surface area contributed by atoms with Crippen molar-refractivity contribution in [2.24, 2.45) is 23.2 Å². The number of ketones is 1. The molecule has 0 bridgehead atoms. The van der Waals surface area contributed by atoms with E-state index >= 15 is 0 Å². The van der Waals surface area contributed by atoms with E-state index in [0.717, 1.165) is 30.9 Å². The van der Waals surface area contributed by atoms with Crippen molar-refractivity contribution in [3.05, 3.63) is 11.1 Å². The minimum Gasteiger partial charge on any atom is -0.359 e. The quantitative estimate of drug-likeness (QED) is 0.656. The smallest absolute Gasteiger partial charge is 0.162 e. The summed E-state index contributed by atoms with van der Waals surface area (Å²) in [5, 5.41) is 0. The van der Waals surface area contributed by atoms with Crippen LogP contribution in [-0.2, 0) is 9.53 Å². The monoisotopic (exact) mass is 343 g/mol. The summed E-state index contributed by atoms with van der Waals surface area (Å²) in [7, 11) is 0. The first-order valence-electron chi connectivity index (χ1n) is 10.5. The van der Waals surface area contributed by atoms with E-state index in [2.05, 4.69) is 32.6 Å². The topological polar surface area (TPSA) is 29.5 Å². The lowest BCUT2D eigenvalue weighted by atomic mass is 9.63. The number of carbonyl (C=O) groups excluding carboxylic acids is 1. The molecule has 0 aromatic rings. The Hall–Kier alpha value is -0.670. The van der Waals surface area contributed by atoms with Gasteiger partial charge in [0.25, 0.3) is 0 Å². The number of hydrogen-bond donors (Lipinski definition) is 0. The minimum absolute atomic E-state index is 0.00232. The lowest BCUT2D eigenvalue weighted by Crippen LogP contribution is -2.65. The van der Waals surface area contributed by atoms with Gasteiger partial charge in [-0.1, -0.05) is 26.2 Å². The summed E-state index contributed by atoms with van der Waals surface area (Å²) in [5.41, 5.74) is 2.71. The molecule has 6 atom stereocenters. The Morgan fingerprint density at radius 1 is 1.16 bits per heavy atom. The van der Waals surface area contributed by atoms with Gasteiger partial charge in [-0.15, -0.1) is 0 Å². The van der Waals surface area contributed by atoms with Gasteiger partial charge in [0.2, 0.25) is 0 Å². The van der Waals surface area contributed by atoms with E-state index in [9.17, 15) is 4.79 Å². The van der Waals surface area contributed by atoms with Gasteiger partial charge in [-0.05, 0) is 63.5 Å². The molecule has 0 N–H and O–H groups in total. The van der Waals surface area contributed by atoms with E-state index in [-0.39, 0.29) is 23.1 Å². The number of ether oxygens (including phenoxy) is 1. The number of nitrogens with zero attached hydrogens (tertiary/aromatic N) is 1. The molecule has 0 aromatic heterocycles. The lowest BCUT2D eigenvalue weighted by molar-refractivity contribution is -0.251. The highest BCUT2D eigenvalue weighted by atomic mass is 16.5. The molecule has 4 fully saturated rings. The van der Waals surface area contributed by atoms with Crippen LogP contribution in [0, 0.1) is 23.2 Å². The number of carbonyl (C=O) groups is 1. The Balaban J connectivity index is 1.61. The van der Waals surface area contributed by atoms with E-state index in [1.54, 1.807) is 0 Å². The fourth-order valence-corrected chi connectivity index (χ4v) is 7.29. The molecule has 3 aliphatic carbocycles. The van der Waals surface area contributed by atoms with Gasteiger partial charge in [-0.3, -0.25) is 9.69 Å². The average Bonchev–Trinajstić information content (AvgIpc) is 2.99. The van der Waals surface area contributed by atoms with Crippen LogP contribution >= 0.6 is 0 Å². The zero-order valence-electron chi connectivity index (χ0n) is 16.3. The molecular formula is C22H33NO2. The van der Waals surface area contributed by atoms with Gasteiger partial charge in [0.15, 0.2) is 5.78 Å². The number of Topliss-reactive ketones (excluding diaryl/α,β-unsaturated/α-hetero) is 1. The molecule has 2 aliphatic heterocycles. The van der Waals surface area contributed by atoms with Crippen LogP contribution in [0.5, 0.6) is 0 Å². The normalized spacial score (nSPS) is 48.8. The van der Waals surface area contributed by atoms with E-state index in [1.807, 2.05) is 0 Å². The Morgan fingerprint density at radius 3 is 2.76 bits per heavy atom. The van der Waals surface area contributed by atoms with Gasteiger partial charge in [0, 0.05) is 29.3 Å². The molecule has 2 saturated heterocycles. The fraction of sp³-hybridized carbons (Fsp3) is 0.864. The summed E-state index contributed by atoms with van der Waals surface area (Å²) in [6, 6.07) is 0. The zero-order valence-corrected chi connectivity index (χ0v) is 16.3. The third-order valence-electron chi connectivity index (χ3n) is 8.71. The molecule has 0 aromatic carbocycles. The summed E-state index contributed by atoms with van der Waals surface area (Å²) in [6.07, 6.45) is 9.01. The molecule has 5 aliphatic rings. The van der Waals surface area contributed by atoms with Crippen LogP contribution in [0.25, 0.3) is 0 Å². The third kappa shape index (κ3) is 1.92. The highest BCUT2D eigenvalue weighted by Gasteiger charge is 2.67. The fourth-order valence-electron chi connectivity index (χ4n) is 7.29. The first-order valence-corrected chi connectivity index (χ1v) is 10.5. The second kappa shape index (κ2) is 5.19. The van der Waals surface area contributed by atoms with Gasteiger partial charge in [0.05, 0.1) is 6.10 Å². The van der Waals surface area contributed by atoms with Gasteiger partial charge in [-0.25, -0.2) is 0 Å². The largest absolute Gasteiger partial charge is 0.359 e. The minimum atomic E-state index is 0.00232. The van der Waals surface area contributed by atoms with E-state index in [0.29, 0.717) is 17.8 Å². The second-order valence-corrected chi connectivity index (χ2v) is 10.1. The van der Waals surface area contributed by atoms with Crippen LogP contribution in [-0.4, -0.2) is 35.1 Å². The molecule has 5 rings (SSSR count). The van der Waals surface area contributed by atoms with Crippen LogP contribution in [0.4, 0.5) is 0 Å². The molecule has 1 spiro atoms. The molecule has 2 heterocycles. The molecule has 2 saturated carbocycles. The standard InChI is InChI=1S/C22H33NO2/c1-13-8-9-15-18(11-13)25-20-22-10-6-5-7-16(22)19(24)14(2)17(22)12-23(20)21(15,3)4/h13,15-16,18,20H,5-12H2,1-4H3/t13-,15-,16-,18-,20+,22+/m1/s1. The highest BCUT2D eigenvalue weighted by Crippen LogP contribution is 2.64. The maximum atomic E-state index is 13.0. The summed E-state index contributed by atoms with van der Waals surface area (Å²) < 4.78 is 6.93. The molecule has 3 nitrogen and oxygen atoms in total. The predicted octanol–water partition coefficient (Wildman–Crippen LogP) is 4.32. The molecule has 138 valence electrons. The summed E-state index contributed by atoms with van der Waals surface area (Å²) >= 11 is 0. The van der Waals surface area contributed by atoms with Crippen LogP contribution in [0.2, 0.25) is 0 Å². The summed E-state index contributed by atoms with van der Waals surface area (Å²) in [5.74, 6) is 2.04. The maximum absolute atomic E-state index is 13.0. The number of hydrogen-bond acceptors (Lipinski definition) is 3. The Kier molecular flexibility index (Phi) is 3.43. The molecule has 0 amide bonds. The summed E-state index contributed by atoms with van der Waals surface area (Å²) in [4.78, 5) is 15.6. The van der Waals surface area contributed by atoms with Crippen LogP contribution < -0.4 is 0 Å². The van der Waals surface area contributed by atoms with Gasteiger partial charge in [0.1, 0.15) is 6.23 Å². The van der Waals surface area contributed by atoms with E-state index < -0.39 is 0 Å². The lowest BCUT2D eigenvalue weighted by Gasteiger charge is -2.58.